The first kappa shape index (κ1) is 17.5. The maximum atomic E-state index is 13.0. The van der Waals surface area contributed by atoms with Crippen molar-refractivity contribution in [2.45, 2.75) is 25.6 Å². The number of amides is 2. The molecule has 0 unspecified atom stereocenters. The van der Waals surface area contributed by atoms with Crippen LogP contribution in [0.15, 0.2) is 30.3 Å². The Morgan fingerprint density at radius 3 is 2.46 bits per heavy atom. The third kappa shape index (κ3) is 3.92. The van der Waals surface area contributed by atoms with E-state index in [4.69, 9.17) is 5.73 Å². The van der Waals surface area contributed by atoms with E-state index in [1.54, 1.807) is 30.3 Å². The van der Waals surface area contributed by atoms with Gasteiger partial charge in [-0.25, -0.2) is 0 Å². The largest absolute Gasteiger partial charge is 0.435 e. The molecular formula is C15H15F3N4O2. The number of aromatic nitrogens is 2. The third-order valence-electron chi connectivity index (χ3n) is 3.36. The highest BCUT2D eigenvalue weighted by atomic mass is 19.4. The molecule has 9 heteroatoms. The van der Waals surface area contributed by atoms with Gasteiger partial charge in [-0.3, -0.25) is 14.7 Å². The summed E-state index contributed by atoms with van der Waals surface area (Å²) in [5.74, 6) is -1.67. The lowest BCUT2D eigenvalue weighted by molar-refractivity contribution is -0.141. The molecule has 0 aliphatic heterocycles. The molecule has 1 aromatic carbocycles. The quantitative estimate of drug-likeness (QED) is 0.777. The summed E-state index contributed by atoms with van der Waals surface area (Å²) in [5, 5.41) is 7.72. The van der Waals surface area contributed by atoms with Gasteiger partial charge in [-0.15, -0.1) is 0 Å². The Morgan fingerprint density at radius 1 is 1.29 bits per heavy atom. The molecule has 2 rings (SSSR count). The molecule has 2 amide bonds. The van der Waals surface area contributed by atoms with Crippen molar-refractivity contribution in [1.29, 1.82) is 0 Å². The second kappa shape index (κ2) is 6.73. The van der Waals surface area contributed by atoms with E-state index >= 15 is 0 Å². The highest BCUT2D eigenvalue weighted by molar-refractivity contribution is 5.97. The summed E-state index contributed by atoms with van der Waals surface area (Å²) in [6.07, 6.45) is -5.02. The number of hydrogen-bond acceptors (Lipinski definition) is 3. The van der Waals surface area contributed by atoms with E-state index in [-0.39, 0.29) is 12.1 Å². The van der Waals surface area contributed by atoms with E-state index in [0.717, 1.165) is 0 Å². The number of nitrogens with one attached hydrogen (secondary N) is 2. The fraction of sp³-hybridized carbons (Fsp3) is 0.267. The van der Waals surface area contributed by atoms with Gasteiger partial charge in [0.1, 0.15) is 0 Å². The zero-order valence-electron chi connectivity index (χ0n) is 12.6. The Morgan fingerprint density at radius 2 is 1.92 bits per heavy atom. The van der Waals surface area contributed by atoms with Crippen LogP contribution in [0.25, 0.3) is 0 Å². The molecule has 0 aliphatic carbocycles. The fourth-order valence-electron chi connectivity index (χ4n) is 2.28. The molecule has 1 atom stereocenters. The van der Waals surface area contributed by atoms with E-state index in [1.807, 2.05) is 0 Å². The number of halogens is 3. The highest BCUT2D eigenvalue weighted by Gasteiger charge is 2.40. The van der Waals surface area contributed by atoms with E-state index in [2.05, 4.69) is 15.5 Å². The lowest BCUT2D eigenvalue weighted by Crippen LogP contribution is -2.33. The van der Waals surface area contributed by atoms with Gasteiger partial charge in [-0.1, -0.05) is 30.3 Å². The summed E-state index contributed by atoms with van der Waals surface area (Å²) in [7, 11) is 0. The summed E-state index contributed by atoms with van der Waals surface area (Å²) >= 11 is 0. The average Bonchev–Trinajstić information content (AvgIpc) is 2.89. The number of nitrogens with zero attached hydrogens (tertiary/aromatic N) is 1. The Bertz CT molecular complexity index is 741. The van der Waals surface area contributed by atoms with Gasteiger partial charge in [0.15, 0.2) is 5.69 Å². The molecule has 0 saturated heterocycles. The van der Waals surface area contributed by atoms with Crippen molar-refractivity contribution in [3.63, 3.8) is 0 Å². The van der Waals surface area contributed by atoms with Gasteiger partial charge >= 0.3 is 6.18 Å². The molecule has 0 radical (unpaired) electrons. The van der Waals surface area contributed by atoms with Crippen molar-refractivity contribution in [2.75, 3.05) is 0 Å². The smallest absolute Gasteiger partial charge is 0.370 e. The number of primary amides is 1. The van der Waals surface area contributed by atoms with Crippen LogP contribution >= 0.6 is 0 Å². The standard InChI is InChI=1S/C15H15F3N4O2/c1-8-12(13(22-21-8)15(16,17)18)14(24)20-10(7-11(19)23)9-5-3-2-4-6-9/h2-6,10H,7H2,1H3,(H2,19,23)(H,20,24)(H,21,22)/t10-/m0/s1. The van der Waals surface area contributed by atoms with Crippen LogP contribution in [0.5, 0.6) is 0 Å². The van der Waals surface area contributed by atoms with Crippen molar-refractivity contribution in [2.24, 2.45) is 5.73 Å². The zero-order valence-corrected chi connectivity index (χ0v) is 12.6. The number of rotatable bonds is 5. The average molecular weight is 340 g/mol. The first-order chi connectivity index (χ1) is 11.2. The van der Waals surface area contributed by atoms with Crippen molar-refractivity contribution in [3.05, 3.63) is 52.8 Å². The van der Waals surface area contributed by atoms with Gasteiger partial charge in [0.25, 0.3) is 5.91 Å². The van der Waals surface area contributed by atoms with Gasteiger partial charge in [0.2, 0.25) is 5.91 Å². The monoisotopic (exact) mass is 340 g/mol. The molecule has 0 saturated carbocycles. The second-order valence-electron chi connectivity index (χ2n) is 5.18. The van der Waals surface area contributed by atoms with Crippen molar-refractivity contribution in [1.82, 2.24) is 15.5 Å². The lowest BCUT2D eigenvalue weighted by Gasteiger charge is -2.18. The summed E-state index contributed by atoms with van der Waals surface area (Å²) < 4.78 is 38.9. The molecule has 6 nitrogen and oxygen atoms in total. The number of H-pyrrole nitrogens is 1. The molecule has 0 fully saturated rings. The molecule has 24 heavy (non-hydrogen) atoms. The van der Waals surface area contributed by atoms with E-state index in [9.17, 15) is 22.8 Å². The summed E-state index contributed by atoms with van der Waals surface area (Å²) in [4.78, 5) is 23.6. The van der Waals surface area contributed by atoms with Crippen molar-refractivity contribution < 1.29 is 22.8 Å². The van der Waals surface area contributed by atoms with Crippen LogP contribution in [-0.4, -0.2) is 22.0 Å². The Hall–Kier alpha value is -2.84. The molecule has 0 spiro atoms. The minimum Gasteiger partial charge on any atom is -0.370 e. The van der Waals surface area contributed by atoms with Crippen LogP contribution in [0.1, 0.15) is 39.8 Å². The van der Waals surface area contributed by atoms with Crippen molar-refractivity contribution in [3.8, 4) is 0 Å². The maximum Gasteiger partial charge on any atom is 0.435 e. The minimum atomic E-state index is -4.77. The first-order valence-corrected chi connectivity index (χ1v) is 6.96. The minimum absolute atomic E-state index is 0.0225. The van der Waals surface area contributed by atoms with Crippen LogP contribution in [0.2, 0.25) is 0 Å². The number of hydrogen-bond donors (Lipinski definition) is 3. The topological polar surface area (TPSA) is 101 Å². The van der Waals surface area contributed by atoms with Gasteiger partial charge in [0.05, 0.1) is 18.0 Å². The first-order valence-electron chi connectivity index (χ1n) is 6.96. The van der Waals surface area contributed by atoms with Gasteiger partial charge in [-0.05, 0) is 12.5 Å². The van der Waals surface area contributed by atoms with E-state index in [1.165, 1.54) is 6.92 Å². The molecular weight excluding hydrogens is 325 g/mol. The predicted octanol–water partition coefficient (Wildman–Crippen LogP) is 2.08. The highest BCUT2D eigenvalue weighted by Crippen LogP contribution is 2.31. The molecule has 1 heterocycles. The maximum absolute atomic E-state index is 13.0. The van der Waals surface area contributed by atoms with Crippen LogP contribution in [0.3, 0.4) is 0 Å². The van der Waals surface area contributed by atoms with Gasteiger partial charge in [-0.2, -0.15) is 18.3 Å². The Kier molecular flexibility index (Phi) is 4.91. The number of nitrogens with two attached hydrogens (primary N) is 1. The number of carbonyl (C=O) groups excluding carboxylic acids is 2. The molecule has 1 aromatic heterocycles. The number of aryl methyl sites for hydroxylation is 1. The number of carbonyl (C=O) groups is 2. The summed E-state index contributed by atoms with van der Waals surface area (Å²) in [6, 6.07) is 7.53. The summed E-state index contributed by atoms with van der Waals surface area (Å²) in [5.41, 5.74) is 3.79. The molecule has 4 N–H and O–H groups in total. The summed E-state index contributed by atoms with van der Waals surface area (Å²) in [6.45, 7) is 1.31. The van der Waals surface area contributed by atoms with Crippen LogP contribution < -0.4 is 11.1 Å². The number of benzene rings is 1. The van der Waals surface area contributed by atoms with Gasteiger partial charge in [0, 0.05) is 5.69 Å². The van der Waals surface area contributed by atoms with E-state index < -0.39 is 35.3 Å². The van der Waals surface area contributed by atoms with Crippen LogP contribution in [0.4, 0.5) is 13.2 Å². The molecule has 128 valence electrons. The molecule has 0 bridgehead atoms. The van der Waals surface area contributed by atoms with Crippen LogP contribution in [-0.2, 0) is 11.0 Å². The SMILES string of the molecule is Cc1[nH]nc(C(F)(F)F)c1C(=O)N[C@@H](CC(N)=O)c1ccccc1. The number of alkyl halides is 3. The van der Waals surface area contributed by atoms with Gasteiger partial charge < -0.3 is 11.1 Å². The van der Waals surface area contributed by atoms with E-state index in [0.29, 0.717) is 5.56 Å². The fourth-order valence-corrected chi connectivity index (χ4v) is 2.28. The predicted molar refractivity (Wildman–Crippen MR) is 78.8 cm³/mol. The third-order valence-corrected chi connectivity index (χ3v) is 3.36. The molecule has 0 aliphatic rings. The normalized spacial score (nSPS) is 12.7. The lowest BCUT2D eigenvalue weighted by atomic mass is 10.0. The second-order valence-corrected chi connectivity index (χ2v) is 5.18. The Balaban J connectivity index is 2.32. The number of aromatic amines is 1. The molecule has 2 aromatic rings. The van der Waals surface area contributed by atoms with Crippen LogP contribution in [0, 0.1) is 6.92 Å². The Labute approximate surface area is 135 Å². The zero-order chi connectivity index (χ0) is 17.9. The van der Waals surface area contributed by atoms with Crippen molar-refractivity contribution >= 4 is 11.8 Å².